The fourth-order valence-corrected chi connectivity index (χ4v) is 2.69. The summed E-state index contributed by atoms with van der Waals surface area (Å²) in [5, 5.41) is 9.04. The lowest BCUT2D eigenvalue weighted by atomic mass is 9.73. The smallest absolute Gasteiger partial charge is 0.407 e. The van der Waals surface area contributed by atoms with Crippen molar-refractivity contribution in [3.8, 4) is 0 Å². The van der Waals surface area contributed by atoms with Gasteiger partial charge in [-0.15, -0.1) is 0 Å². The normalized spacial score (nSPS) is 27.9. The van der Waals surface area contributed by atoms with Gasteiger partial charge in [0, 0.05) is 18.9 Å². The molecule has 1 saturated heterocycles. The van der Waals surface area contributed by atoms with Crippen LogP contribution in [-0.2, 0) is 4.79 Å². The van der Waals surface area contributed by atoms with Gasteiger partial charge >= 0.3 is 6.09 Å². The molecule has 0 bridgehead atoms. The Bertz CT molecular complexity index is 339. The lowest BCUT2D eigenvalue weighted by Gasteiger charge is -2.49. The summed E-state index contributed by atoms with van der Waals surface area (Å²) in [6.45, 7) is 4.81. The standard InChI is InChI=1S/C12H19F2NO3/c1-11(2,3)9-12(13,14)8(5-7-16)4-6-15(9)10(17)18/h7-9H,4-6H2,1-3H3,(H,17,18). The van der Waals surface area contributed by atoms with E-state index in [-0.39, 0.29) is 19.4 Å². The first kappa shape index (κ1) is 14.9. The van der Waals surface area contributed by atoms with Crippen LogP contribution in [0.4, 0.5) is 13.6 Å². The molecular weight excluding hydrogens is 244 g/mol. The summed E-state index contributed by atoms with van der Waals surface area (Å²) in [6, 6.07) is -1.40. The first-order valence-electron chi connectivity index (χ1n) is 5.93. The van der Waals surface area contributed by atoms with Crippen LogP contribution in [0.3, 0.4) is 0 Å². The summed E-state index contributed by atoms with van der Waals surface area (Å²) < 4.78 is 28.7. The number of carbonyl (C=O) groups excluding carboxylic acids is 1. The molecular formula is C12H19F2NO3. The van der Waals surface area contributed by atoms with Crippen LogP contribution in [0.25, 0.3) is 0 Å². The highest BCUT2D eigenvalue weighted by atomic mass is 19.3. The van der Waals surface area contributed by atoms with Gasteiger partial charge in [-0.2, -0.15) is 0 Å². The molecule has 2 atom stereocenters. The highest BCUT2D eigenvalue weighted by Gasteiger charge is 2.57. The third-order valence-corrected chi connectivity index (χ3v) is 3.39. The first-order valence-corrected chi connectivity index (χ1v) is 5.93. The Labute approximate surface area is 105 Å². The number of hydrogen-bond acceptors (Lipinski definition) is 2. The molecule has 0 saturated carbocycles. The molecule has 6 heteroatoms. The van der Waals surface area contributed by atoms with Crippen LogP contribution < -0.4 is 0 Å². The predicted octanol–water partition coefficient (Wildman–Crippen LogP) is 2.63. The number of likely N-dealkylation sites (tertiary alicyclic amines) is 1. The Morgan fingerprint density at radius 1 is 1.50 bits per heavy atom. The summed E-state index contributed by atoms with van der Waals surface area (Å²) in [7, 11) is 0. The average Bonchev–Trinajstić information content (AvgIpc) is 2.18. The minimum Gasteiger partial charge on any atom is -0.465 e. The zero-order valence-electron chi connectivity index (χ0n) is 10.8. The molecule has 1 N–H and O–H groups in total. The average molecular weight is 263 g/mol. The topological polar surface area (TPSA) is 57.6 Å². The van der Waals surface area contributed by atoms with Crippen LogP contribution in [-0.4, -0.2) is 40.9 Å². The monoisotopic (exact) mass is 263 g/mol. The van der Waals surface area contributed by atoms with Gasteiger partial charge in [0.25, 0.3) is 5.92 Å². The Hall–Kier alpha value is -1.20. The molecule has 0 aromatic heterocycles. The van der Waals surface area contributed by atoms with E-state index < -0.39 is 29.4 Å². The van der Waals surface area contributed by atoms with E-state index in [0.717, 1.165) is 4.90 Å². The van der Waals surface area contributed by atoms with E-state index in [9.17, 15) is 18.4 Å². The summed E-state index contributed by atoms with van der Waals surface area (Å²) in [5.74, 6) is -4.26. The van der Waals surface area contributed by atoms with Crippen LogP contribution in [0.5, 0.6) is 0 Å². The number of aldehydes is 1. The van der Waals surface area contributed by atoms with Crippen molar-refractivity contribution in [1.29, 1.82) is 0 Å². The molecule has 1 heterocycles. The van der Waals surface area contributed by atoms with Gasteiger partial charge in [-0.25, -0.2) is 13.6 Å². The number of halogens is 2. The van der Waals surface area contributed by atoms with E-state index in [1.165, 1.54) is 0 Å². The second-order valence-corrected chi connectivity index (χ2v) is 5.81. The summed E-state index contributed by atoms with van der Waals surface area (Å²) in [6.07, 6.45) is -1.06. The lowest BCUT2D eigenvalue weighted by molar-refractivity contribution is -0.175. The van der Waals surface area contributed by atoms with Gasteiger partial charge in [-0.1, -0.05) is 20.8 Å². The number of nitrogens with zero attached hydrogens (tertiary/aromatic N) is 1. The fraction of sp³-hybridized carbons (Fsp3) is 0.833. The summed E-state index contributed by atoms with van der Waals surface area (Å²) >= 11 is 0. The minimum absolute atomic E-state index is 0.0185. The Morgan fingerprint density at radius 3 is 2.44 bits per heavy atom. The largest absolute Gasteiger partial charge is 0.465 e. The maximum absolute atomic E-state index is 14.4. The molecule has 0 aliphatic carbocycles. The molecule has 18 heavy (non-hydrogen) atoms. The van der Waals surface area contributed by atoms with Crippen LogP contribution in [0.15, 0.2) is 0 Å². The van der Waals surface area contributed by atoms with Crippen molar-refractivity contribution in [2.24, 2.45) is 11.3 Å². The van der Waals surface area contributed by atoms with E-state index in [1.807, 2.05) is 0 Å². The number of hydrogen-bond donors (Lipinski definition) is 1. The second-order valence-electron chi connectivity index (χ2n) is 5.81. The van der Waals surface area contributed by atoms with Gasteiger partial charge in [-0.3, -0.25) is 4.90 Å². The Balaban J connectivity index is 3.13. The van der Waals surface area contributed by atoms with Gasteiger partial charge in [0.2, 0.25) is 0 Å². The van der Waals surface area contributed by atoms with E-state index in [1.54, 1.807) is 20.8 Å². The first-order chi connectivity index (χ1) is 8.12. The third-order valence-electron chi connectivity index (χ3n) is 3.39. The van der Waals surface area contributed by atoms with Gasteiger partial charge in [0.05, 0.1) is 0 Å². The molecule has 104 valence electrons. The lowest BCUT2D eigenvalue weighted by Crippen LogP contribution is -2.63. The molecule has 4 nitrogen and oxygen atoms in total. The number of rotatable bonds is 2. The Kier molecular flexibility index (Phi) is 3.98. The molecule has 1 amide bonds. The number of piperidine rings is 1. The maximum Gasteiger partial charge on any atom is 0.407 e. The molecule has 1 aliphatic rings. The second kappa shape index (κ2) is 4.82. The summed E-state index contributed by atoms with van der Waals surface area (Å²) in [4.78, 5) is 22.4. The van der Waals surface area contributed by atoms with Crippen LogP contribution >= 0.6 is 0 Å². The number of amides is 1. The zero-order valence-corrected chi connectivity index (χ0v) is 10.8. The highest BCUT2D eigenvalue weighted by Crippen LogP contribution is 2.46. The third kappa shape index (κ3) is 2.62. The van der Waals surface area contributed by atoms with Crippen molar-refractivity contribution in [3.63, 3.8) is 0 Å². The van der Waals surface area contributed by atoms with Crippen molar-refractivity contribution in [2.75, 3.05) is 6.54 Å². The SMILES string of the molecule is CC(C)(C)C1N(C(=O)O)CCC(CC=O)C1(F)F. The van der Waals surface area contributed by atoms with Crippen molar-refractivity contribution in [3.05, 3.63) is 0 Å². The number of alkyl halides is 2. The van der Waals surface area contributed by atoms with Crippen LogP contribution in [0.1, 0.15) is 33.6 Å². The fourth-order valence-electron chi connectivity index (χ4n) is 2.69. The molecule has 1 aliphatic heterocycles. The number of carbonyl (C=O) groups is 2. The summed E-state index contributed by atoms with van der Waals surface area (Å²) in [5.41, 5.74) is -0.885. The van der Waals surface area contributed by atoms with Crippen molar-refractivity contribution >= 4 is 12.4 Å². The molecule has 2 unspecified atom stereocenters. The zero-order chi connectivity index (χ0) is 14.1. The Morgan fingerprint density at radius 2 is 2.06 bits per heavy atom. The van der Waals surface area contributed by atoms with Gasteiger partial charge in [-0.05, 0) is 11.8 Å². The number of carboxylic acid groups (broad SMARTS) is 1. The molecule has 0 aromatic rings. The molecule has 1 fully saturated rings. The highest BCUT2D eigenvalue weighted by molar-refractivity contribution is 5.66. The van der Waals surface area contributed by atoms with Crippen LogP contribution in [0, 0.1) is 11.3 Å². The van der Waals surface area contributed by atoms with E-state index >= 15 is 0 Å². The molecule has 0 radical (unpaired) electrons. The molecule has 1 rings (SSSR count). The van der Waals surface area contributed by atoms with E-state index in [2.05, 4.69) is 0 Å². The molecule has 0 spiro atoms. The van der Waals surface area contributed by atoms with Gasteiger partial charge in [0.15, 0.2) is 0 Å². The minimum atomic E-state index is -3.18. The maximum atomic E-state index is 14.4. The van der Waals surface area contributed by atoms with Gasteiger partial charge < -0.3 is 9.90 Å². The van der Waals surface area contributed by atoms with E-state index in [4.69, 9.17) is 5.11 Å². The molecule has 0 aromatic carbocycles. The van der Waals surface area contributed by atoms with E-state index in [0.29, 0.717) is 6.29 Å². The van der Waals surface area contributed by atoms with Crippen molar-refractivity contribution in [2.45, 2.75) is 45.6 Å². The van der Waals surface area contributed by atoms with Crippen LogP contribution in [0.2, 0.25) is 0 Å². The van der Waals surface area contributed by atoms with Gasteiger partial charge in [0.1, 0.15) is 12.3 Å². The van der Waals surface area contributed by atoms with Crippen molar-refractivity contribution in [1.82, 2.24) is 4.90 Å². The van der Waals surface area contributed by atoms with Crippen molar-refractivity contribution < 1.29 is 23.5 Å². The quantitative estimate of drug-likeness (QED) is 0.779. The predicted molar refractivity (Wildman–Crippen MR) is 61.7 cm³/mol.